The Hall–Kier alpha value is -2.51. The summed E-state index contributed by atoms with van der Waals surface area (Å²) in [7, 11) is 0. The number of nitrogens with two attached hydrogens (primary N) is 1. The Morgan fingerprint density at radius 1 is 1.15 bits per heavy atom. The van der Waals surface area contributed by atoms with Crippen LogP contribution in [0, 0.1) is 11.7 Å². The molecule has 1 aliphatic heterocycles. The average molecular weight is 455 g/mol. The molecule has 0 radical (unpaired) electrons. The van der Waals surface area contributed by atoms with Gasteiger partial charge in [0.1, 0.15) is 11.6 Å². The number of carbonyl (C=O) groups excluding carboxylic acids is 1. The number of aromatic nitrogens is 1. The highest BCUT2D eigenvalue weighted by Crippen LogP contribution is 2.31. The Morgan fingerprint density at radius 3 is 2.48 bits per heavy atom. The fraction of sp³-hybridized carbons (Fsp3) is 0.538. The normalized spacial score (nSPS) is 22.0. The van der Waals surface area contributed by atoms with Gasteiger partial charge >= 0.3 is 0 Å². The number of halogens is 1. The van der Waals surface area contributed by atoms with Gasteiger partial charge in [-0.3, -0.25) is 9.69 Å². The number of aliphatic hydroxyl groups excluding tert-OH is 1. The van der Waals surface area contributed by atoms with Crippen LogP contribution in [0.25, 0.3) is 11.1 Å². The van der Waals surface area contributed by atoms with Crippen molar-refractivity contribution in [3.8, 4) is 11.1 Å². The first-order valence-corrected chi connectivity index (χ1v) is 12.1. The fourth-order valence-corrected chi connectivity index (χ4v) is 5.00. The summed E-state index contributed by atoms with van der Waals surface area (Å²) in [5.74, 6) is 0.0316. The first-order chi connectivity index (χ1) is 15.8. The predicted molar refractivity (Wildman–Crippen MR) is 130 cm³/mol. The quantitative estimate of drug-likeness (QED) is 0.639. The Morgan fingerprint density at radius 2 is 1.85 bits per heavy atom. The van der Waals surface area contributed by atoms with E-state index in [1.165, 1.54) is 6.20 Å². The molecule has 1 aromatic heterocycles. The summed E-state index contributed by atoms with van der Waals surface area (Å²) < 4.78 is 15.1. The van der Waals surface area contributed by atoms with Crippen molar-refractivity contribution < 1.29 is 14.3 Å². The van der Waals surface area contributed by atoms with Crippen molar-refractivity contribution in [1.29, 1.82) is 0 Å². The molecule has 0 unspecified atom stereocenters. The SMILES string of the molecule is CC(C)N1CCN(c2ccc(-c3cnc(N)c(C(=O)CC4CCC(O)CC4)c3)c(F)c2)CC1. The minimum atomic E-state index is -0.329. The number of carbonyl (C=O) groups is 1. The summed E-state index contributed by atoms with van der Waals surface area (Å²) in [5, 5.41) is 9.69. The zero-order valence-electron chi connectivity index (χ0n) is 19.6. The molecule has 2 aliphatic rings. The molecule has 1 aliphatic carbocycles. The number of Topliss-reactive ketones (excluding diaryl/α,β-unsaturated/α-hetero) is 1. The van der Waals surface area contributed by atoms with Crippen molar-refractivity contribution in [3.05, 3.63) is 41.8 Å². The predicted octanol–water partition coefficient (Wildman–Crippen LogP) is 4.12. The van der Waals surface area contributed by atoms with Gasteiger partial charge in [-0.2, -0.15) is 0 Å². The van der Waals surface area contributed by atoms with Crippen molar-refractivity contribution in [2.45, 2.75) is 58.1 Å². The number of rotatable bonds is 6. The number of aliphatic hydroxyl groups is 1. The van der Waals surface area contributed by atoms with Gasteiger partial charge < -0.3 is 15.7 Å². The van der Waals surface area contributed by atoms with E-state index in [-0.39, 0.29) is 29.4 Å². The van der Waals surface area contributed by atoms with Crippen LogP contribution in [0.3, 0.4) is 0 Å². The molecule has 2 aromatic rings. The molecule has 1 saturated heterocycles. The Bertz CT molecular complexity index is 980. The van der Waals surface area contributed by atoms with E-state index in [0.717, 1.165) is 57.5 Å². The molecule has 0 amide bonds. The first kappa shape index (κ1) is 23.6. The number of ketones is 1. The smallest absolute Gasteiger partial charge is 0.166 e. The van der Waals surface area contributed by atoms with Gasteiger partial charge in [0.25, 0.3) is 0 Å². The van der Waals surface area contributed by atoms with Crippen LogP contribution in [-0.4, -0.2) is 59.1 Å². The molecule has 7 heteroatoms. The van der Waals surface area contributed by atoms with Crippen LogP contribution in [0.4, 0.5) is 15.9 Å². The molecule has 0 spiro atoms. The van der Waals surface area contributed by atoms with Crippen LogP contribution in [-0.2, 0) is 0 Å². The molecule has 0 bridgehead atoms. The number of piperazine rings is 1. The molecule has 0 atom stereocenters. The second-order valence-corrected chi connectivity index (χ2v) is 9.74. The Balaban J connectivity index is 1.48. The number of hydrogen-bond acceptors (Lipinski definition) is 6. The average Bonchev–Trinajstić information content (AvgIpc) is 2.81. The standard InChI is InChI=1S/C26H35FN4O2/c1-17(2)30-9-11-31(12-10-30)20-5-8-22(24(27)15-20)19-14-23(26(28)29-16-19)25(33)13-18-3-6-21(32)7-4-18/h5,8,14-18,21,32H,3-4,6-7,9-13H2,1-2H3,(H2,28,29). The molecule has 33 heavy (non-hydrogen) atoms. The summed E-state index contributed by atoms with van der Waals surface area (Å²) in [6, 6.07) is 7.47. The maximum atomic E-state index is 15.1. The number of nitrogen functional groups attached to an aromatic ring is 1. The summed E-state index contributed by atoms with van der Waals surface area (Å²) in [5.41, 5.74) is 8.21. The third kappa shape index (κ3) is 5.53. The maximum Gasteiger partial charge on any atom is 0.166 e. The van der Waals surface area contributed by atoms with Gasteiger partial charge in [0, 0.05) is 61.7 Å². The largest absolute Gasteiger partial charge is 0.393 e. The van der Waals surface area contributed by atoms with Gasteiger partial charge in [-0.1, -0.05) is 0 Å². The lowest BCUT2D eigenvalue weighted by Crippen LogP contribution is -2.48. The van der Waals surface area contributed by atoms with Gasteiger partial charge in [-0.25, -0.2) is 9.37 Å². The topological polar surface area (TPSA) is 82.7 Å². The molecule has 4 rings (SSSR count). The third-order valence-corrected chi connectivity index (χ3v) is 7.18. The summed E-state index contributed by atoms with van der Waals surface area (Å²) in [6.45, 7) is 8.07. The monoisotopic (exact) mass is 454 g/mol. The van der Waals surface area contributed by atoms with Crippen molar-refractivity contribution >= 4 is 17.3 Å². The van der Waals surface area contributed by atoms with Gasteiger partial charge in [0.05, 0.1) is 11.7 Å². The van der Waals surface area contributed by atoms with E-state index in [1.54, 1.807) is 18.2 Å². The summed E-state index contributed by atoms with van der Waals surface area (Å²) >= 11 is 0. The second kappa shape index (κ2) is 10.2. The van der Waals surface area contributed by atoms with Crippen LogP contribution in [0.2, 0.25) is 0 Å². The highest BCUT2D eigenvalue weighted by Gasteiger charge is 2.24. The van der Waals surface area contributed by atoms with Crippen LogP contribution in [0.5, 0.6) is 0 Å². The van der Waals surface area contributed by atoms with E-state index < -0.39 is 0 Å². The van der Waals surface area contributed by atoms with E-state index >= 15 is 4.39 Å². The fourth-order valence-electron chi connectivity index (χ4n) is 5.00. The Kier molecular flexibility index (Phi) is 7.29. The first-order valence-electron chi connectivity index (χ1n) is 12.1. The molecular weight excluding hydrogens is 419 g/mol. The highest BCUT2D eigenvalue weighted by molar-refractivity contribution is 6.01. The van der Waals surface area contributed by atoms with Crippen LogP contribution in [0.15, 0.2) is 30.5 Å². The highest BCUT2D eigenvalue weighted by atomic mass is 19.1. The number of hydrogen-bond donors (Lipinski definition) is 2. The molecular formula is C26H35FN4O2. The zero-order chi connectivity index (χ0) is 23.5. The van der Waals surface area contributed by atoms with Crippen LogP contribution < -0.4 is 10.6 Å². The minimum absolute atomic E-state index is 0.0664. The molecule has 1 saturated carbocycles. The van der Waals surface area contributed by atoms with Crippen molar-refractivity contribution in [1.82, 2.24) is 9.88 Å². The Labute approximate surface area is 195 Å². The van der Waals surface area contributed by atoms with E-state index in [2.05, 4.69) is 28.6 Å². The van der Waals surface area contributed by atoms with Gasteiger partial charge in [0.15, 0.2) is 5.78 Å². The van der Waals surface area contributed by atoms with Gasteiger partial charge in [-0.15, -0.1) is 0 Å². The molecule has 2 heterocycles. The van der Waals surface area contributed by atoms with E-state index in [0.29, 0.717) is 29.2 Å². The zero-order valence-corrected chi connectivity index (χ0v) is 19.6. The lowest BCUT2D eigenvalue weighted by Gasteiger charge is -2.38. The second-order valence-electron chi connectivity index (χ2n) is 9.74. The summed E-state index contributed by atoms with van der Waals surface area (Å²) in [4.78, 5) is 21.8. The lowest BCUT2D eigenvalue weighted by atomic mass is 9.83. The van der Waals surface area contributed by atoms with E-state index in [1.807, 2.05) is 6.07 Å². The molecule has 3 N–H and O–H groups in total. The van der Waals surface area contributed by atoms with E-state index in [4.69, 9.17) is 5.73 Å². The maximum absolute atomic E-state index is 15.1. The number of nitrogens with zero attached hydrogens (tertiary/aromatic N) is 3. The molecule has 1 aromatic carbocycles. The van der Waals surface area contributed by atoms with Crippen molar-refractivity contribution in [3.63, 3.8) is 0 Å². The van der Waals surface area contributed by atoms with Gasteiger partial charge in [0.2, 0.25) is 0 Å². The molecule has 6 nitrogen and oxygen atoms in total. The van der Waals surface area contributed by atoms with Gasteiger partial charge in [-0.05, 0) is 69.7 Å². The lowest BCUT2D eigenvalue weighted by molar-refractivity contribution is 0.0860. The number of anilines is 2. The molecule has 178 valence electrons. The van der Waals surface area contributed by atoms with Crippen molar-refractivity contribution in [2.75, 3.05) is 36.8 Å². The minimum Gasteiger partial charge on any atom is -0.393 e. The van der Waals surface area contributed by atoms with E-state index in [9.17, 15) is 9.90 Å². The summed E-state index contributed by atoms with van der Waals surface area (Å²) in [6.07, 6.45) is 4.79. The molecule has 2 fully saturated rings. The number of pyridine rings is 1. The van der Waals surface area contributed by atoms with Crippen molar-refractivity contribution in [2.24, 2.45) is 5.92 Å². The van der Waals surface area contributed by atoms with Crippen LogP contribution >= 0.6 is 0 Å². The third-order valence-electron chi connectivity index (χ3n) is 7.18. The van der Waals surface area contributed by atoms with Crippen LogP contribution in [0.1, 0.15) is 56.3 Å². The number of benzene rings is 1.